The summed E-state index contributed by atoms with van der Waals surface area (Å²) >= 11 is 0. The predicted molar refractivity (Wildman–Crippen MR) is 86.2 cm³/mol. The van der Waals surface area contributed by atoms with Gasteiger partial charge in [-0.05, 0) is 31.0 Å². The van der Waals surface area contributed by atoms with E-state index in [0.717, 1.165) is 18.7 Å². The van der Waals surface area contributed by atoms with Gasteiger partial charge in [-0.3, -0.25) is 4.99 Å². The fraction of sp³-hybridized carbons (Fsp3) is 0.462. The molecule has 4 heteroatoms. The zero-order chi connectivity index (χ0) is 11.8. The SMILES string of the molecule is CCCCCN=C(N)Nc1cccc(C)c1.I. The molecule has 0 saturated carbocycles. The Bertz CT molecular complexity index is 350. The first kappa shape index (κ1) is 16.2. The molecule has 0 radical (unpaired) electrons. The van der Waals surface area contributed by atoms with E-state index in [1.54, 1.807) is 0 Å². The Morgan fingerprint density at radius 3 is 2.76 bits per heavy atom. The van der Waals surface area contributed by atoms with Crippen molar-refractivity contribution in [1.29, 1.82) is 0 Å². The van der Waals surface area contributed by atoms with Gasteiger partial charge < -0.3 is 11.1 Å². The molecule has 0 fully saturated rings. The number of aryl methyl sites for hydroxylation is 1. The number of nitrogens with one attached hydrogen (secondary N) is 1. The molecule has 0 saturated heterocycles. The lowest BCUT2D eigenvalue weighted by Crippen LogP contribution is -2.22. The lowest BCUT2D eigenvalue weighted by molar-refractivity contribution is 0.727. The maximum atomic E-state index is 5.78. The van der Waals surface area contributed by atoms with Crippen LogP contribution in [0.5, 0.6) is 0 Å². The van der Waals surface area contributed by atoms with E-state index in [9.17, 15) is 0 Å². The van der Waals surface area contributed by atoms with Crippen LogP contribution in [-0.2, 0) is 0 Å². The average Bonchev–Trinajstić information content (AvgIpc) is 2.24. The first-order valence-electron chi connectivity index (χ1n) is 5.86. The number of nitrogens with zero attached hydrogens (tertiary/aromatic N) is 1. The Balaban J connectivity index is 0.00000256. The number of hydrogen-bond donors (Lipinski definition) is 2. The standard InChI is InChI=1S/C13H21N3.HI/c1-3-4-5-9-15-13(14)16-12-8-6-7-11(2)10-12;/h6-8,10H,3-5,9H2,1-2H3,(H3,14,15,16);1H. The van der Waals surface area contributed by atoms with Crippen molar-refractivity contribution in [3.05, 3.63) is 29.8 Å². The maximum absolute atomic E-state index is 5.78. The molecule has 0 heterocycles. The number of benzene rings is 1. The molecule has 96 valence electrons. The highest BCUT2D eigenvalue weighted by molar-refractivity contribution is 14.0. The van der Waals surface area contributed by atoms with E-state index in [2.05, 4.69) is 36.3 Å². The molecule has 1 aromatic rings. The van der Waals surface area contributed by atoms with Gasteiger partial charge in [0.25, 0.3) is 0 Å². The third-order valence-corrected chi connectivity index (χ3v) is 2.33. The second-order valence-corrected chi connectivity index (χ2v) is 3.97. The van der Waals surface area contributed by atoms with Crippen LogP contribution < -0.4 is 11.1 Å². The van der Waals surface area contributed by atoms with Crippen LogP contribution >= 0.6 is 24.0 Å². The summed E-state index contributed by atoms with van der Waals surface area (Å²) < 4.78 is 0. The second-order valence-electron chi connectivity index (χ2n) is 3.97. The molecule has 1 rings (SSSR count). The van der Waals surface area contributed by atoms with Crippen LogP contribution in [0.25, 0.3) is 0 Å². The number of hydrogen-bond acceptors (Lipinski definition) is 1. The van der Waals surface area contributed by atoms with Crippen molar-refractivity contribution in [2.45, 2.75) is 33.1 Å². The predicted octanol–water partition coefficient (Wildman–Crippen LogP) is 3.53. The molecule has 0 aliphatic carbocycles. The Labute approximate surface area is 121 Å². The lowest BCUT2D eigenvalue weighted by Gasteiger charge is -2.06. The van der Waals surface area contributed by atoms with Crippen LogP contribution in [0, 0.1) is 6.92 Å². The topological polar surface area (TPSA) is 50.4 Å². The van der Waals surface area contributed by atoms with E-state index in [4.69, 9.17) is 5.73 Å². The summed E-state index contributed by atoms with van der Waals surface area (Å²) in [4.78, 5) is 4.27. The largest absolute Gasteiger partial charge is 0.370 e. The molecule has 0 unspecified atom stereocenters. The lowest BCUT2D eigenvalue weighted by atomic mass is 10.2. The first-order valence-corrected chi connectivity index (χ1v) is 5.86. The summed E-state index contributed by atoms with van der Waals surface area (Å²) in [6, 6.07) is 8.09. The van der Waals surface area contributed by atoms with Crippen LogP contribution in [0.2, 0.25) is 0 Å². The molecule has 17 heavy (non-hydrogen) atoms. The Morgan fingerprint density at radius 2 is 2.12 bits per heavy atom. The number of anilines is 1. The Kier molecular flexibility index (Phi) is 8.85. The maximum Gasteiger partial charge on any atom is 0.193 e. The third-order valence-electron chi connectivity index (χ3n) is 2.33. The summed E-state index contributed by atoms with van der Waals surface area (Å²) in [5, 5.41) is 3.09. The van der Waals surface area contributed by atoms with Crippen LogP contribution in [0.15, 0.2) is 29.3 Å². The molecule has 3 nitrogen and oxygen atoms in total. The van der Waals surface area contributed by atoms with Crippen LogP contribution in [0.3, 0.4) is 0 Å². The minimum atomic E-state index is 0. The number of guanidine groups is 1. The molecule has 0 aliphatic rings. The van der Waals surface area contributed by atoms with Gasteiger partial charge in [-0.25, -0.2) is 0 Å². The fourth-order valence-electron chi connectivity index (χ4n) is 1.47. The van der Waals surface area contributed by atoms with E-state index in [1.807, 2.05) is 12.1 Å². The van der Waals surface area contributed by atoms with Gasteiger partial charge in [0.2, 0.25) is 0 Å². The summed E-state index contributed by atoms with van der Waals surface area (Å²) in [6.07, 6.45) is 3.52. The zero-order valence-electron chi connectivity index (χ0n) is 10.6. The number of aliphatic imine (C=N–C) groups is 1. The van der Waals surface area contributed by atoms with Crippen molar-refractivity contribution >= 4 is 35.6 Å². The van der Waals surface area contributed by atoms with E-state index >= 15 is 0 Å². The highest BCUT2D eigenvalue weighted by Gasteiger charge is 1.94. The number of rotatable bonds is 5. The highest BCUT2D eigenvalue weighted by atomic mass is 127. The first-order chi connectivity index (χ1) is 7.72. The molecule has 0 amide bonds. The monoisotopic (exact) mass is 347 g/mol. The van der Waals surface area contributed by atoms with E-state index < -0.39 is 0 Å². The van der Waals surface area contributed by atoms with E-state index in [1.165, 1.54) is 18.4 Å². The van der Waals surface area contributed by atoms with Gasteiger partial charge in [0.15, 0.2) is 5.96 Å². The van der Waals surface area contributed by atoms with Gasteiger partial charge in [0.1, 0.15) is 0 Å². The smallest absolute Gasteiger partial charge is 0.193 e. The molecule has 0 aliphatic heterocycles. The molecule has 0 atom stereocenters. The van der Waals surface area contributed by atoms with Crippen molar-refractivity contribution in [2.24, 2.45) is 10.7 Å². The molecular weight excluding hydrogens is 325 g/mol. The quantitative estimate of drug-likeness (QED) is 0.371. The van der Waals surface area contributed by atoms with E-state index in [0.29, 0.717) is 5.96 Å². The summed E-state index contributed by atoms with van der Waals surface area (Å²) in [5.41, 5.74) is 7.99. The third kappa shape index (κ3) is 7.20. The fourth-order valence-corrected chi connectivity index (χ4v) is 1.47. The Morgan fingerprint density at radius 1 is 1.35 bits per heavy atom. The van der Waals surface area contributed by atoms with Crippen LogP contribution in [-0.4, -0.2) is 12.5 Å². The molecule has 0 spiro atoms. The Hall–Kier alpha value is -0.780. The normalized spacial score (nSPS) is 10.8. The van der Waals surface area contributed by atoms with Crippen molar-refractivity contribution in [2.75, 3.05) is 11.9 Å². The van der Waals surface area contributed by atoms with Gasteiger partial charge in [0.05, 0.1) is 0 Å². The van der Waals surface area contributed by atoms with Gasteiger partial charge in [-0.1, -0.05) is 31.9 Å². The zero-order valence-corrected chi connectivity index (χ0v) is 12.9. The molecular formula is C13H22IN3. The molecule has 0 bridgehead atoms. The minimum absolute atomic E-state index is 0. The van der Waals surface area contributed by atoms with Crippen molar-refractivity contribution in [3.63, 3.8) is 0 Å². The second kappa shape index (κ2) is 9.27. The van der Waals surface area contributed by atoms with Crippen LogP contribution in [0.1, 0.15) is 31.7 Å². The number of nitrogens with two attached hydrogens (primary N) is 1. The van der Waals surface area contributed by atoms with Crippen molar-refractivity contribution in [3.8, 4) is 0 Å². The minimum Gasteiger partial charge on any atom is -0.370 e. The van der Waals surface area contributed by atoms with Crippen LogP contribution in [0.4, 0.5) is 5.69 Å². The average molecular weight is 347 g/mol. The van der Waals surface area contributed by atoms with Crippen molar-refractivity contribution < 1.29 is 0 Å². The highest BCUT2D eigenvalue weighted by Crippen LogP contribution is 2.08. The van der Waals surface area contributed by atoms with E-state index in [-0.39, 0.29) is 24.0 Å². The molecule has 0 aromatic heterocycles. The summed E-state index contributed by atoms with van der Waals surface area (Å²) in [6.45, 7) is 5.04. The van der Waals surface area contributed by atoms with Gasteiger partial charge in [0, 0.05) is 12.2 Å². The number of unbranched alkanes of at least 4 members (excludes halogenated alkanes) is 2. The number of halogens is 1. The van der Waals surface area contributed by atoms with Gasteiger partial charge >= 0.3 is 0 Å². The summed E-state index contributed by atoms with van der Waals surface area (Å²) in [5.74, 6) is 0.502. The van der Waals surface area contributed by atoms with Crippen molar-refractivity contribution in [1.82, 2.24) is 0 Å². The molecule has 3 N–H and O–H groups in total. The summed E-state index contributed by atoms with van der Waals surface area (Å²) in [7, 11) is 0. The van der Waals surface area contributed by atoms with Gasteiger partial charge in [-0.2, -0.15) is 0 Å². The van der Waals surface area contributed by atoms with Gasteiger partial charge in [-0.15, -0.1) is 24.0 Å². The molecule has 1 aromatic carbocycles.